The van der Waals surface area contributed by atoms with Crippen molar-refractivity contribution in [3.8, 4) is 45.8 Å². The number of aromatic amines is 1. The minimum Gasteiger partial charge on any atom is -0.493 e. The lowest BCUT2D eigenvalue weighted by molar-refractivity contribution is -0.115. The normalized spacial score (nSPS) is 11.4. The zero-order valence-corrected chi connectivity index (χ0v) is 29.1. The first-order chi connectivity index (χ1) is 24.3. The first-order valence-electron chi connectivity index (χ1n) is 15.9. The maximum Gasteiger partial charge on any atom is 0.252 e. The van der Waals surface area contributed by atoms with Gasteiger partial charge in [-0.15, -0.1) is 0 Å². The molecule has 2 heterocycles. The highest BCUT2D eigenvalue weighted by atomic mass is 16.5. The highest BCUT2D eigenvalue weighted by Crippen LogP contribution is 2.43. The molecule has 0 atom stereocenters. The molecular weight excluding hydrogens is 634 g/mol. The van der Waals surface area contributed by atoms with E-state index in [4.69, 9.17) is 33.4 Å². The molecule has 0 aliphatic carbocycles. The van der Waals surface area contributed by atoms with Gasteiger partial charge in [0.05, 0.1) is 66.1 Å². The molecule has 0 aliphatic heterocycles. The number of carbonyl (C=O) groups is 1. The van der Waals surface area contributed by atoms with E-state index in [1.165, 1.54) is 0 Å². The van der Waals surface area contributed by atoms with Gasteiger partial charge in [0.15, 0.2) is 23.0 Å². The van der Waals surface area contributed by atoms with Crippen LogP contribution in [0.4, 0.5) is 0 Å². The van der Waals surface area contributed by atoms with Gasteiger partial charge in [-0.1, -0.05) is 48.0 Å². The summed E-state index contributed by atoms with van der Waals surface area (Å²) >= 11 is 0. The topological polar surface area (TPSA) is 113 Å². The van der Waals surface area contributed by atoms with Crippen molar-refractivity contribution in [1.29, 1.82) is 0 Å². The smallest absolute Gasteiger partial charge is 0.252 e. The predicted molar refractivity (Wildman–Crippen MR) is 196 cm³/mol. The highest BCUT2D eigenvalue weighted by molar-refractivity contribution is 6.24. The van der Waals surface area contributed by atoms with E-state index in [1.54, 1.807) is 54.8 Å². The number of fused-ring (bicyclic) bond motifs is 3. The van der Waals surface area contributed by atoms with Gasteiger partial charge in [0.25, 0.3) is 5.91 Å². The Morgan fingerprint density at radius 2 is 1.30 bits per heavy atom. The second-order valence-electron chi connectivity index (χ2n) is 11.5. The number of hydrogen-bond donors (Lipinski definition) is 2. The molecule has 0 saturated carbocycles. The lowest BCUT2D eigenvalue weighted by Gasteiger charge is -2.16. The van der Waals surface area contributed by atoms with Crippen molar-refractivity contribution in [3.05, 3.63) is 101 Å². The van der Waals surface area contributed by atoms with Crippen LogP contribution in [-0.4, -0.2) is 58.5 Å². The molecule has 1 amide bonds. The number of hydrogen-bond acceptors (Lipinski definition) is 8. The van der Waals surface area contributed by atoms with Crippen LogP contribution < -0.4 is 33.7 Å². The summed E-state index contributed by atoms with van der Waals surface area (Å²) in [7, 11) is 9.35. The van der Waals surface area contributed by atoms with Gasteiger partial charge in [0.1, 0.15) is 0 Å². The molecule has 2 N–H and O–H groups in total. The fraction of sp³-hybridized carbons (Fsp3) is 0.200. The van der Waals surface area contributed by atoms with Crippen molar-refractivity contribution < 1.29 is 33.2 Å². The molecule has 10 heteroatoms. The average molecular weight is 674 g/mol. The molecule has 2 aromatic heterocycles. The molecule has 0 fully saturated rings. The van der Waals surface area contributed by atoms with Gasteiger partial charge in [0.2, 0.25) is 11.5 Å². The third-order valence-electron chi connectivity index (χ3n) is 8.53. The molecule has 0 unspecified atom stereocenters. The number of aryl methyl sites for hydroxylation is 1. The molecule has 0 aliphatic rings. The Bertz CT molecular complexity index is 2170. The predicted octanol–water partition coefficient (Wildman–Crippen LogP) is 7.60. The van der Waals surface area contributed by atoms with Gasteiger partial charge in [-0.25, -0.2) is 4.98 Å². The zero-order chi connectivity index (χ0) is 35.4. The molecule has 50 heavy (non-hydrogen) atoms. The van der Waals surface area contributed by atoms with Gasteiger partial charge in [-0.05, 0) is 60.5 Å². The Balaban J connectivity index is 1.44. The SMILES string of the molecule is COc1cc(/C(=C\c2ccc(C)cc2)C(=O)NCc2cc3c([nH]c4ccccc43)c(-c3cc(OC)c(OC)c(OC)c3)n2)cc(OC)c1OC. The first kappa shape index (κ1) is 33.7. The largest absolute Gasteiger partial charge is 0.493 e. The van der Waals surface area contributed by atoms with Crippen LogP contribution in [0.5, 0.6) is 34.5 Å². The number of methoxy groups -OCH3 is 6. The van der Waals surface area contributed by atoms with E-state index >= 15 is 0 Å². The maximum atomic E-state index is 14.2. The average Bonchev–Trinajstić information content (AvgIpc) is 3.53. The maximum absolute atomic E-state index is 14.2. The Hall–Kier alpha value is -6.16. The van der Waals surface area contributed by atoms with Gasteiger partial charge in [0, 0.05) is 27.4 Å². The van der Waals surface area contributed by atoms with Crippen LogP contribution in [0.3, 0.4) is 0 Å². The van der Waals surface area contributed by atoms with E-state index in [2.05, 4.69) is 16.4 Å². The minimum absolute atomic E-state index is 0.140. The molecule has 0 bridgehead atoms. The Morgan fingerprint density at radius 3 is 1.88 bits per heavy atom. The van der Waals surface area contributed by atoms with Crippen LogP contribution >= 0.6 is 0 Å². The minimum atomic E-state index is -0.310. The third kappa shape index (κ3) is 6.47. The number of pyridine rings is 1. The summed E-state index contributed by atoms with van der Waals surface area (Å²) in [5, 5.41) is 5.11. The highest BCUT2D eigenvalue weighted by Gasteiger charge is 2.22. The van der Waals surface area contributed by atoms with E-state index in [9.17, 15) is 4.79 Å². The monoisotopic (exact) mass is 673 g/mol. The van der Waals surface area contributed by atoms with Crippen LogP contribution in [0.1, 0.15) is 22.4 Å². The summed E-state index contributed by atoms with van der Waals surface area (Å²) in [6.45, 7) is 2.16. The van der Waals surface area contributed by atoms with Crippen molar-refractivity contribution in [2.45, 2.75) is 13.5 Å². The molecule has 6 rings (SSSR count). The summed E-state index contributed by atoms with van der Waals surface area (Å²) in [6.07, 6.45) is 1.84. The van der Waals surface area contributed by atoms with Crippen molar-refractivity contribution in [2.24, 2.45) is 0 Å². The first-order valence-corrected chi connectivity index (χ1v) is 15.9. The quantitative estimate of drug-likeness (QED) is 0.101. The number of amides is 1. The fourth-order valence-corrected chi connectivity index (χ4v) is 6.03. The van der Waals surface area contributed by atoms with Crippen LogP contribution in [0.25, 0.3) is 44.7 Å². The second kappa shape index (κ2) is 14.5. The number of para-hydroxylation sites is 1. The molecule has 4 aromatic carbocycles. The van der Waals surface area contributed by atoms with E-state index in [0.717, 1.165) is 38.5 Å². The summed E-state index contributed by atoms with van der Waals surface area (Å²) in [4.78, 5) is 22.8. The van der Waals surface area contributed by atoms with Gasteiger partial charge in [-0.2, -0.15) is 0 Å². The number of rotatable bonds is 12. The van der Waals surface area contributed by atoms with Crippen molar-refractivity contribution in [2.75, 3.05) is 42.7 Å². The molecule has 256 valence electrons. The van der Waals surface area contributed by atoms with Crippen LogP contribution in [0, 0.1) is 6.92 Å². The van der Waals surface area contributed by atoms with E-state index < -0.39 is 0 Å². The molecule has 10 nitrogen and oxygen atoms in total. The van der Waals surface area contributed by atoms with Crippen LogP contribution in [0.15, 0.2) is 78.9 Å². The van der Waals surface area contributed by atoms with Crippen LogP contribution in [0.2, 0.25) is 0 Å². The van der Waals surface area contributed by atoms with Crippen molar-refractivity contribution >= 4 is 39.4 Å². The molecule has 0 radical (unpaired) electrons. The number of nitrogens with one attached hydrogen (secondary N) is 2. The number of nitrogens with zero attached hydrogens (tertiary/aromatic N) is 1. The molecular formula is C40H39N3O7. The van der Waals surface area contributed by atoms with Gasteiger partial charge in [-0.3, -0.25) is 4.79 Å². The zero-order valence-electron chi connectivity index (χ0n) is 29.1. The third-order valence-corrected chi connectivity index (χ3v) is 8.53. The van der Waals surface area contributed by atoms with Gasteiger partial charge >= 0.3 is 0 Å². The Kier molecular flexibility index (Phi) is 9.80. The molecule has 0 spiro atoms. The van der Waals surface area contributed by atoms with Crippen LogP contribution in [-0.2, 0) is 11.3 Å². The van der Waals surface area contributed by atoms with Gasteiger partial charge < -0.3 is 38.7 Å². The Labute approximate surface area is 290 Å². The molecule has 0 saturated heterocycles. The number of ether oxygens (including phenoxy) is 6. The van der Waals surface area contributed by atoms with E-state index in [1.807, 2.05) is 73.7 Å². The second-order valence-corrected chi connectivity index (χ2v) is 11.5. The summed E-state index contributed by atoms with van der Waals surface area (Å²) in [6, 6.07) is 25.3. The number of aromatic nitrogens is 2. The summed E-state index contributed by atoms with van der Waals surface area (Å²) < 4.78 is 33.7. The summed E-state index contributed by atoms with van der Waals surface area (Å²) in [5.41, 5.74) is 6.85. The van der Waals surface area contributed by atoms with E-state index in [0.29, 0.717) is 57.0 Å². The number of carbonyl (C=O) groups excluding carboxylic acids is 1. The standard InChI is InChI=1S/C40H39N3O7/c1-23-12-14-24(15-13-23)16-29(25-17-32(45-2)38(49-6)33(18-25)46-3)40(44)41-22-27-21-30-28-10-8-9-11-31(28)43-37(30)36(42-27)26-19-34(47-4)39(50-7)35(20-26)48-5/h8-21,43H,22H2,1-7H3,(H,41,44)/b29-16+. The fourth-order valence-electron chi connectivity index (χ4n) is 6.03. The lowest BCUT2D eigenvalue weighted by atomic mass is 10.00. The van der Waals surface area contributed by atoms with E-state index in [-0.39, 0.29) is 12.5 Å². The van der Waals surface area contributed by atoms with Crippen molar-refractivity contribution in [3.63, 3.8) is 0 Å². The lowest BCUT2D eigenvalue weighted by Crippen LogP contribution is -2.24. The molecule has 6 aromatic rings. The number of H-pyrrole nitrogens is 1. The Morgan fingerprint density at radius 1 is 0.720 bits per heavy atom. The number of benzene rings is 4. The summed E-state index contributed by atoms with van der Waals surface area (Å²) in [5.74, 6) is 2.48. The van der Waals surface area contributed by atoms with Crippen molar-refractivity contribution in [1.82, 2.24) is 15.3 Å².